The van der Waals surface area contributed by atoms with Crippen molar-refractivity contribution in [3.63, 3.8) is 0 Å². The molecule has 0 aliphatic heterocycles. The first-order valence-electron chi connectivity index (χ1n) is 11.0. The Hall–Kier alpha value is -1.89. The third-order valence-electron chi connectivity index (χ3n) is 5.06. The van der Waals surface area contributed by atoms with Gasteiger partial charge in [0.2, 0.25) is 11.8 Å². The van der Waals surface area contributed by atoms with Crippen LogP contribution in [-0.2, 0) is 21.9 Å². The number of carbonyl (C=O) groups is 2. The lowest BCUT2D eigenvalue weighted by Gasteiger charge is -2.31. The van der Waals surface area contributed by atoms with Gasteiger partial charge < -0.3 is 15.0 Å². The summed E-state index contributed by atoms with van der Waals surface area (Å²) in [7, 11) is 1.61. The molecule has 2 aromatic rings. The zero-order valence-corrected chi connectivity index (χ0v) is 21.9. The first kappa shape index (κ1) is 27.4. The molecule has 2 rings (SSSR count). The number of thioether (sulfide) groups is 1. The molecule has 0 bridgehead atoms. The van der Waals surface area contributed by atoms with Crippen molar-refractivity contribution in [1.29, 1.82) is 0 Å². The minimum atomic E-state index is -0.538. The molecule has 2 amide bonds. The summed E-state index contributed by atoms with van der Waals surface area (Å²) in [6, 6.07) is 12.5. The molecule has 0 aliphatic rings. The molecular formula is C25H32Cl2N2O3S. The number of hydrogen-bond acceptors (Lipinski definition) is 4. The number of carbonyl (C=O) groups excluding carboxylic acids is 2. The van der Waals surface area contributed by atoms with Crippen LogP contribution in [0.1, 0.15) is 38.3 Å². The molecule has 8 heteroatoms. The molecule has 180 valence electrons. The fourth-order valence-corrected chi connectivity index (χ4v) is 4.42. The summed E-state index contributed by atoms with van der Waals surface area (Å²) in [5.74, 6) is 1.75. The van der Waals surface area contributed by atoms with E-state index in [2.05, 4.69) is 5.32 Å². The maximum atomic E-state index is 13.3. The van der Waals surface area contributed by atoms with Crippen molar-refractivity contribution >= 4 is 46.8 Å². The van der Waals surface area contributed by atoms with Gasteiger partial charge in [-0.25, -0.2) is 0 Å². The van der Waals surface area contributed by atoms with Crippen molar-refractivity contribution in [2.45, 2.75) is 45.5 Å². The average molecular weight is 512 g/mol. The van der Waals surface area contributed by atoms with Crippen LogP contribution in [0.2, 0.25) is 10.0 Å². The predicted molar refractivity (Wildman–Crippen MR) is 138 cm³/mol. The average Bonchev–Trinajstić information content (AvgIpc) is 2.80. The van der Waals surface area contributed by atoms with Crippen molar-refractivity contribution in [3.05, 3.63) is 63.6 Å². The molecule has 1 N–H and O–H groups in total. The molecule has 0 aliphatic carbocycles. The van der Waals surface area contributed by atoms with Gasteiger partial charge in [-0.2, -0.15) is 0 Å². The molecule has 0 aromatic heterocycles. The van der Waals surface area contributed by atoms with Gasteiger partial charge in [-0.1, -0.05) is 62.2 Å². The Morgan fingerprint density at radius 3 is 2.30 bits per heavy atom. The fourth-order valence-electron chi connectivity index (χ4n) is 3.24. The highest BCUT2D eigenvalue weighted by Gasteiger charge is 2.28. The molecule has 0 saturated carbocycles. The van der Waals surface area contributed by atoms with E-state index in [1.165, 1.54) is 11.8 Å². The van der Waals surface area contributed by atoms with Crippen LogP contribution in [0.5, 0.6) is 5.75 Å². The summed E-state index contributed by atoms with van der Waals surface area (Å²) in [5, 5.41) is 3.98. The Morgan fingerprint density at radius 2 is 1.73 bits per heavy atom. The smallest absolute Gasteiger partial charge is 0.242 e. The second-order valence-corrected chi connectivity index (χ2v) is 9.97. The van der Waals surface area contributed by atoms with E-state index in [-0.39, 0.29) is 17.6 Å². The molecule has 1 atom stereocenters. The Balaban J connectivity index is 2.13. The number of amides is 2. The number of nitrogens with zero attached hydrogens (tertiary/aromatic N) is 1. The second-order valence-electron chi connectivity index (χ2n) is 8.17. The first-order chi connectivity index (χ1) is 15.7. The summed E-state index contributed by atoms with van der Waals surface area (Å²) < 4.78 is 5.23. The van der Waals surface area contributed by atoms with Crippen LogP contribution in [0.15, 0.2) is 42.5 Å². The monoisotopic (exact) mass is 510 g/mol. The SMILES string of the molecule is CC[C@H](C(=O)NCC(C)C)N(Cc1ccc(OC)cc1)C(=O)CSCc1ccc(Cl)c(Cl)c1. The van der Waals surface area contributed by atoms with Gasteiger partial charge in [0.15, 0.2) is 0 Å². The fraction of sp³-hybridized carbons (Fsp3) is 0.440. The number of benzene rings is 2. The minimum Gasteiger partial charge on any atom is -0.497 e. The van der Waals surface area contributed by atoms with Crippen molar-refractivity contribution in [2.75, 3.05) is 19.4 Å². The van der Waals surface area contributed by atoms with Gasteiger partial charge in [-0.15, -0.1) is 11.8 Å². The standard InChI is InChI=1S/C25H32Cl2N2O3S/c1-5-23(25(31)28-13-17(2)3)29(14-18-6-9-20(32-4)10-7-18)24(30)16-33-15-19-8-11-21(26)22(27)12-19/h6-12,17,23H,5,13-16H2,1-4H3,(H,28,31)/t23-/m1/s1. The van der Waals surface area contributed by atoms with Crippen LogP contribution in [0, 0.1) is 5.92 Å². The number of halogens is 2. The molecule has 2 aromatic carbocycles. The molecule has 0 radical (unpaired) electrons. The Morgan fingerprint density at radius 1 is 1.06 bits per heavy atom. The number of rotatable bonds is 12. The van der Waals surface area contributed by atoms with Crippen molar-refractivity contribution in [2.24, 2.45) is 5.92 Å². The molecule has 0 saturated heterocycles. The maximum absolute atomic E-state index is 13.3. The van der Waals surface area contributed by atoms with Gasteiger partial charge in [0, 0.05) is 18.8 Å². The van der Waals surface area contributed by atoms with E-state index in [9.17, 15) is 9.59 Å². The molecule has 0 spiro atoms. The zero-order chi connectivity index (χ0) is 24.4. The number of hydrogen-bond donors (Lipinski definition) is 1. The highest BCUT2D eigenvalue weighted by Crippen LogP contribution is 2.25. The van der Waals surface area contributed by atoms with E-state index >= 15 is 0 Å². The van der Waals surface area contributed by atoms with Crippen LogP contribution < -0.4 is 10.1 Å². The maximum Gasteiger partial charge on any atom is 0.242 e. The number of nitrogens with one attached hydrogen (secondary N) is 1. The van der Waals surface area contributed by atoms with E-state index in [1.54, 1.807) is 18.1 Å². The summed E-state index contributed by atoms with van der Waals surface area (Å²) in [6.45, 7) is 6.94. The van der Waals surface area contributed by atoms with Gasteiger partial charge in [0.1, 0.15) is 11.8 Å². The highest BCUT2D eigenvalue weighted by atomic mass is 35.5. The van der Waals surface area contributed by atoms with Gasteiger partial charge in [-0.3, -0.25) is 9.59 Å². The summed E-state index contributed by atoms with van der Waals surface area (Å²) in [5.41, 5.74) is 1.93. The summed E-state index contributed by atoms with van der Waals surface area (Å²) in [4.78, 5) is 27.9. The van der Waals surface area contributed by atoms with E-state index in [1.807, 2.05) is 57.2 Å². The van der Waals surface area contributed by atoms with Crippen molar-refractivity contribution in [3.8, 4) is 5.75 Å². The summed E-state index contributed by atoms with van der Waals surface area (Å²) in [6.07, 6.45) is 0.531. The van der Waals surface area contributed by atoms with Crippen LogP contribution >= 0.6 is 35.0 Å². The van der Waals surface area contributed by atoms with Gasteiger partial charge in [-0.05, 0) is 47.7 Å². The number of methoxy groups -OCH3 is 1. The quantitative estimate of drug-likeness (QED) is 0.391. The molecule has 33 heavy (non-hydrogen) atoms. The Bertz CT molecular complexity index is 922. The minimum absolute atomic E-state index is 0.0811. The Kier molecular flexibility index (Phi) is 11.4. The van der Waals surface area contributed by atoms with E-state index in [0.29, 0.717) is 41.2 Å². The summed E-state index contributed by atoms with van der Waals surface area (Å²) >= 11 is 13.6. The first-order valence-corrected chi connectivity index (χ1v) is 12.9. The topological polar surface area (TPSA) is 58.6 Å². The molecule has 0 heterocycles. The molecule has 0 fully saturated rings. The second kappa shape index (κ2) is 13.7. The molecule has 5 nitrogen and oxygen atoms in total. The largest absolute Gasteiger partial charge is 0.497 e. The van der Waals surface area contributed by atoms with Crippen LogP contribution in [0.25, 0.3) is 0 Å². The van der Waals surface area contributed by atoms with Crippen molar-refractivity contribution in [1.82, 2.24) is 10.2 Å². The Labute approximate surface area is 211 Å². The lowest BCUT2D eigenvalue weighted by atomic mass is 10.1. The molecular weight excluding hydrogens is 479 g/mol. The lowest BCUT2D eigenvalue weighted by molar-refractivity contribution is -0.139. The van der Waals surface area contributed by atoms with Gasteiger partial charge in [0.25, 0.3) is 0 Å². The third kappa shape index (κ3) is 8.76. The molecule has 0 unspecified atom stereocenters. The van der Waals surface area contributed by atoms with E-state index in [4.69, 9.17) is 27.9 Å². The van der Waals surface area contributed by atoms with Gasteiger partial charge >= 0.3 is 0 Å². The van der Waals surface area contributed by atoms with Crippen molar-refractivity contribution < 1.29 is 14.3 Å². The van der Waals surface area contributed by atoms with Crippen LogP contribution in [0.4, 0.5) is 0 Å². The predicted octanol–water partition coefficient (Wildman–Crippen LogP) is 5.81. The lowest BCUT2D eigenvalue weighted by Crippen LogP contribution is -2.50. The van der Waals surface area contributed by atoms with Gasteiger partial charge in [0.05, 0.1) is 22.9 Å². The van der Waals surface area contributed by atoms with E-state index < -0.39 is 6.04 Å². The van der Waals surface area contributed by atoms with E-state index in [0.717, 1.165) is 16.9 Å². The van der Waals surface area contributed by atoms with Crippen LogP contribution in [-0.4, -0.2) is 42.2 Å². The normalized spacial score (nSPS) is 11.8. The number of ether oxygens (including phenoxy) is 1. The highest BCUT2D eigenvalue weighted by molar-refractivity contribution is 7.99. The van der Waals surface area contributed by atoms with Crippen LogP contribution in [0.3, 0.4) is 0 Å². The third-order valence-corrected chi connectivity index (χ3v) is 6.79. The zero-order valence-electron chi connectivity index (χ0n) is 19.6.